The van der Waals surface area contributed by atoms with Crippen molar-refractivity contribution in [3.8, 4) is 11.5 Å². The van der Waals surface area contributed by atoms with Crippen LogP contribution in [0.1, 0.15) is 25.3 Å². The summed E-state index contributed by atoms with van der Waals surface area (Å²) < 4.78 is 12.9. The maximum Gasteiger partial charge on any atom is 0.190 e. The van der Waals surface area contributed by atoms with E-state index in [0.717, 1.165) is 28.5 Å². The second kappa shape index (κ2) is 7.64. The minimum absolute atomic E-state index is 0.526. The van der Waals surface area contributed by atoms with E-state index in [1.54, 1.807) is 24.7 Å². The van der Waals surface area contributed by atoms with Crippen LogP contribution in [-0.2, 0) is 11.3 Å². The molecule has 0 N–H and O–H groups in total. The molecule has 2 aromatic heterocycles. The van der Waals surface area contributed by atoms with Crippen LogP contribution >= 0.6 is 11.3 Å². The third kappa shape index (κ3) is 3.68. The van der Waals surface area contributed by atoms with Gasteiger partial charge in [0.25, 0.3) is 0 Å². The Hall–Kier alpha value is -2.11. The van der Waals surface area contributed by atoms with Crippen LogP contribution in [0.15, 0.2) is 57.5 Å². The van der Waals surface area contributed by atoms with E-state index in [0.29, 0.717) is 12.5 Å². The lowest BCUT2D eigenvalue weighted by molar-refractivity contribution is 0.187. The molecule has 2 heterocycles. The summed E-state index contributed by atoms with van der Waals surface area (Å²) in [6.45, 7) is 5.75. The van der Waals surface area contributed by atoms with Crippen LogP contribution in [0.2, 0.25) is 0 Å². The van der Waals surface area contributed by atoms with Gasteiger partial charge in [-0.05, 0) is 35.7 Å². The second-order valence-electron chi connectivity index (χ2n) is 5.88. The molecular formula is C19H22N2O2S. The van der Waals surface area contributed by atoms with Crippen LogP contribution in [0.5, 0.6) is 0 Å². The molecule has 3 rings (SSSR count). The number of nitrogens with zero attached hydrogens (tertiary/aromatic N) is 2. The fourth-order valence-electron chi connectivity index (χ4n) is 2.48. The third-order valence-corrected chi connectivity index (χ3v) is 4.74. The van der Waals surface area contributed by atoms with Gasteiger partial charge in [0, 0.05) is 19.0 Å². The van der Waals surface area contributed by atoms with Crippen molar-refractivity contribution < 1.29 is 9.15 Å². The summed E-state index contributed by atoms with van der Waals surface area (Å²) in [5, 5.41) is 2.08. The van der Waals surface area contributed by atoms with Gasteiger partial charge in [0.05, 0.1) is 24.3 Å². The highest BCUT2D eigenvalue weighted by atomic mass is 32.1. The number of aromatic nitrogens is 1. The Labute approximate surface area is 146 Å². The first-order chi connectivity index (χ1) is 11.7. The monoisotopic (exact) mass is 342 g/mol. The number of hydrogen-bond donors (Lipinski definition) is 0. The Bertz CT molecular complexity index is 827. The Kier molecular flexibility index (Phi) is 5.33. The highest BCUT2D eigenvalue weighted by molar-refractivity contribution is 7.07. The van der Waals surface area contributed by atoms with Gasteiger partial charge in [0.2, 0.25) is 0 Å². The fourth-order valence-corrected chi connectivity index (χ4v) is 3.42. The highest BCUT2D eigenvalue weighted by Crippen LogP contribution is 2.22. The van der Waals surface area contributed by atoms with Crippen LogP contribution in [0, 0.1) is 0 Å². The van der Waals surface area contributed by atoms with Gasteiger partial charge in [-0.3, -0.25) is 0 Å². The fraction of sp³-hybridized carbons (Fsp3) is 0.316. The van der Waals surface area contributed by atoms with E-state index in [-0.39, 0.29) is 0 Å². The van der Waals surface area contributed by atoms with Crippen molar-refractivity contribution in [2.75, 3.05) is 13.7 Å². The number of methoxy groups -OCH3 is 1. The van der Waals surface area contributed by atoms with Gasteiger partial charge in [-0.15, -0.1) is 11.3 Å². The molecule has 0 radical (unpaired) electrons. The number of benzene rings is 1. The van der Waals surface area contributed by atoms with E-state index in [9.17, 15) is 0 Å². The molecule has 0 saturated heterocycles. The average molecular weight is 342 g/mol. The molecule has 0 atom stereocenters. The van der Waals surface area contributed by atoms with E-state index in [2.05, 4.69) is 48.1 Å². The van der Waals surface area contributed by atoms with Crippen LogP contribution in [0.4, 0.5) is 5.69 Å². The zero-order valence-corrected chi connectivity index (χ0v) is 15.0. The Morgan fingerprint density at radius 1 is 1.21 bits per heavy atom. The Balaban J connectivity index is 2.00. The van der Waals surface area contributed by atoms with E-state index < -0.39 is 0 Å². The number of rotatable bonds is 6. The molecule has 0 unspecified atom stereocenters. The van der Waals surface area contributed by atoms with E-state index in [1.165, 1.54) is 5.56 Å². The normalized spacial score (nSPS) is 12.2. The molecular weight excluding hydrogens is 320 g/mol. The molecule has 0 aliphatic heterocycles. The number of hydrogen-bond acceptors (Lipinski definition) is 4. The summed E-state index contributed by atoms with van der Waals surface area (Å²) in [5.41, 5.74) is 3.31. The molecule has 126 valence electrons. The van der Waals surface area contributed by atoms with Crippen molar-refractivity contribution in [3.05, 3.63) is 58.4 Å². The molecule has 3 aromatic rings. The maximum atomic E-state index is 5.55. The van der Waals surface area contributed by atoms with Gasteiger partial charge in [-0.2, -0.15) is 0 Å². The van der Waals surface area contributed by atoms with E-state index >= 15 is 0 Å². The van der Waals surface area contributed by atoms with Crippen LogP contribution in [0.25, 0.3) is 11.5 Å². The highest BCUT2D eigenvalue weighted by Gasteiger charge is 2.10. The van der Waals surface area contributed by atoms with Gasteiger partial charge in [-0.1, -0.05) is 26.0 Å². The summed E-state index contributed by atoms with van der Waals surface area (Å²) >= 11 is 1.61. The third-order valence-electron chi connectivity index (χ3n) is 3.87. The van der Waals surface area contributed by atoms with Crippen molar-refractivity contribution in [2.45, 2.75) is 26.3 Å². The Morgan fingerprint density at radius 3 is 2.62 bits per heavy atom. The molecule has 0 aliphatic rings. The SMILES string of the molecule is COCCn1c(-c2ccco2)csc1=Nc1ccc(C(C)C)cc1. The summed E-state index contributed by atoms with van der Waals surface area (Å²) in [4.78, 5) is 5.75. The standard InChI is InChI=1S/C19H22N2O2S/c1-14(2)15-6-8-16(9-7-15)20-19-21(10-12-22-3)17(13-24-19)18-5-4-11-23-18/h4-9,11,13-14H,10,12H2,1-3H3. The van der Waals surface area contributed by atoms with Crippen LogP contribution in [-0.4, -0.2) is 18.3 Å². The number of ether oxygens (including phenoxy) is 1. The molecule has 5 heteroatoms. The quantitative estimate of drug-likeness (QED) is 0.645. The molecule has 0 amide bonds. The largest absolute Gasteiger partial charge is 0.463 e. The summed E-state index contributed by atoms with van der Waals surface area (Å²) in [5.74, 6) is 1.37. The lowest BCUT2D eigenvalue weighted by atomic mass is 10.0. The second-order valence-corrected chi connectivity index (χ2v) is 6.72. The predicted molar refractivity (Wildman–Crippen MR) is 97.6 cm³/mol. The smallest absolute Gasteiger partial charge is 0.190 e. The van der Waals surface area contributed by atoms with Crippen LogP contribution in [0.3, 0.4) is 0 Å². The molecule has 1 aromatic carbocycles. The van der Waals surface area contributed by atoms with Gasteiger partial charge in [0.1, 0.15) is 0 Å². The minimum atomic E-state index is 0.526. The topological polar surface area (TPSA) is 39.7 Å². The van der Waals surface area contributed by atoms with Gasteiger partial charge in [0.15, 0.2) is 10.6 Å². The maximum absolute atomic E-state index is 5.55. The molecule has 0 bridgehead atoms. The van der Waals surface area contributed by atoms with Crippen molar-refractivity contribution in [2.24, 2.45) is 4.99 Å². The van der Waals surface area contributed by atoms with Crippen molar-refractivity contribution in [1.82, 2.24) is 4.57 Å². The zero-order valence-electron chi connectivity index (χ0n) is 14.2. The lowest BCUT2D eigenvalue weighted by Crippen LogP contribution is -2.18. The number of furan rings is 1. The average Bonchev–Trinajstić information content (AvgIpc) is 3.23. The van der Waals surface area contributed by atoms with E-state index in [4.69, 9.17) is 14.1 Å². The van der Waals surface area contributed by atoms with Crippen molar-refractivity contribution >= 4 is 17.0 Å². The van der Waals surface area contributed by atoms with Crippen molar-refractivity contribution in [3.63, 3.8) is 0 Å². The molecule has 0 spiro atoms. The predicted octanol–water partition coefficient (Wildman–Crippen LogP) is 4.81. The van der Waals surface area contributed by atoms with E-state index in [1.807, 2.05) is 12.1 Å². The molecule has 0 aliphatic carbocycles. The number of thiazole rings is 1. The minimum Gasteiger partial charge on any atom is -0.463 e. The van der Waals surface area contributed by atoms with Gasteiger partial charge >= 0.3 is 0 Å². The molecule has 24 heavy (non-hydrogen) atoms. The zero-order chi connectivity index (χ0) is 16.9. The first-order valence-electron chi connectivity index (χ1n) is 8.05. The van der Waals surface area contributed by atoms with Crippen LogP contribution < -0.4 is 4.80 Å². The molecule has 0 fully saturated rings. The van der Waals surface area contributed by atoms with Gasteiger partial charge in [-0.25, -0.2) is 4.99 Å². The lowest BCUT2D eigenvalue weighted by Gasteiger charge is -2.07. The first kappa shape index (κ1) is 16.7. The molecule has 4 nitrogen and oxygen atoms in total. The first-order valence-corrected chi connectivity index (χ1v) is 8.93. The van der Waals surface area contributed by atoms with Gasteiger partial charge < -0.3 is 13.7 Å². The Morgan fingerprint density at radius 2 is 2.00 bits per heavy atom. The summed E-state index contributed by atoms with van der Waals surface area (Å²) in [6.07, 6.45) is 1.69. The summed E-state index contributed by atoms with van der Waals surface area (Å²) in [7, 11) is 1.71. The molecule has 0 saturated carbocycles. The van der Waals surface area contributed by atoms with Crippen molar-refractivity contribution in [1.29, 1.82) is 0 Å². The summed E-state index contributed by atoms with van der Waals surface area (Å²) in [6, 6.07) is 12.3.